The third kappa shape index (κ3) is 4.00. The van der Waals surface area contributed by atoms with Gasteiger partial charge in [0.15, 0.2) is 0 Å². The van der Waals surface area contributed by atoms with E-state index in [4.69, 9.17) is 4.42 Å². The summed E-state index contributed by atoms with van der Waals surface area (Å²) in [6.45, 7) is 6.57. The van der Waals surface area contributed by atoms with Crippen molar-refractivity contribution in [2.45, 2.75) is 65.0 Å². The van der Waals surface area contributed by atoms with Crippen LogP contribution < -0.4 is 5.32 Å². The van der Waals surface area contributed by atoms with Crippen LogP contribution in [0.4, 0.5) is 4.79 Å². The van der Waals surface area contributed by atoms with Crippen molar-refractivity contribution in [3.8, 4) is 0 Å². The highest BCUT2D eigenvalue weighted by Crippen LogP contribution is 2.37. The smallest absolute Gasteiger partial charge is 0.325 e. The molecule has 2 aliphatic heterocycles. The zero-order valence-corrected chi connectivity index (χ0v) is 18.0. The second-order valence-corrected chi connectivity index (χ2v) is 8.36. The Balaban J connectivity index is 1.71. The molecule has 0 saturated carbocycles. The van der Waals surface area contributed by atoms with E-state index in [9.17, 15) is 19.2 Å². The van der Waals surface area contributed by atoms with Crippen molar-refractivity contribution in [1.82, 2.24) is 15.1 Å². The topological polar surface area (TPSA) is 99.9 Å². The van der Waals surface area contributed by atoms with Gasteiger partial charge in [-0.2, -0.15) is 0 Å². The van der Waals surface area contributed by atoms with Crippen LogP contribution in [0.5, 0.6) is 0 Å². The molecular formula is C22H31N3O5. The number of carbonyl (C=O) groups excluding carboxylic acids is 4. The van der Waals surface area contributed by atoms with E-state index in [-0.39, 0.29) is 30.1 Å². The quantitative estimate of drug-likeness (QED) is 0.518. The minimum Gasteiger partial charge on any atom is -0.467 e. The lowest BCUT2D eigenvalue weighted by Crippen LogP contribution is -2.57. The number of carbonyl (C=O) groups is 4. The van der Waals surface area contributed by atoms with Crippen molar-refractivity contribution in [2.24, 2.45) is 11.8 Å². The van der Waals surface area contributed by atoms with Gasteiger partial charge in [0.05, 0.1) is 12.8 Å². The first-order chi connectivity index (χ1) is 14.3. The lowest BCUT2D eigenvalue weighted by atomic mass is 9.74. The molecule has 1 N–H and O–H groups in total. The SMILES string of the molecule is CCCC1(C2CCN(C(=O)C(=O)C(C)CC)CC2)NC(=O)N(Cc2ccco2)C1=O. The molecule has 2 aliphatic rings. The van der Waals surface area contributed by atoms with Crippen LogP contribution >= 0.6 is 0 Å². The maximum absolute atomic E-state index is 13.4. The number of nitrogens with one attached hydrogen (secondary N) is 1. The van der Waals surface area contributed by atoms with Crippen molar-refractivity contribution < 1.29 is 23.6 Å². The first-order valence-corrected chi connectivity index (χ1v) is 10.8. The van der Waals surface area contributed by atoms with Crippen LogP contribution in [0, 0.1) is 11.8 Å². The average Bonchev–Trinajstić information content (AvgIpc) is 3.35. The highest BCUT2D eigenvalue weighted by molar-refractivity contribution is 6.36. The van der Waals surface area contributed by atoms with Gasteiger partial charge < -0.3 is 14.6 Å². The maximum atomic E-state index is 13.4. The van der Waals surface area contributed by atoms with Gasteiger partial charge in [-0.15, -0.1) is 0 Å². The summed E-state index contributed by atoms with van der Waals surface area (Å²) in [4.78, 5) is 53.6. The van der Waals surface area contributed by atoms with Gasteiger partial charge in [0, 0.05) is 19.0 Å². The van der Waals surface area contributed by atoms with E-state index in [1.807, 2.05) is 13.8 Å². The Morgan fingerprint density at radius 2 is 1.97 bits per heavy atom. The first kappa shape index (κ1) is 22.1. The molecular weight excluding hydrogens is 386 g/mol. The predicted molar refractivity (Wildman–Crippen MR) is 109 cm³/mol. The largest absolute Gasteiger partial charge is 0.467 e. The van der Waals surface area contributed by atoms with Crippen molar-refractivity contribution in [3.63, 3.8) is 0 Å². The molecule has 0 aliphatic carbocycles. The Hall–Kier alpha value is -2.64. The van der Waals surface area contributed by atoms with Crippen molar-refractivity contribution in [3.05, 3.63) is 24.2 Å². The lowest BCUT2D eigenvalue weighted by Gasteiger charge is -2.40. The molecule has 8 heteroatoms. The Labute approximate surface area is 176 Å². The molecule has 0 radical (unpaired) electrons. The molecule has 2 saturated heterocycles. The first-order valence-electron chi connectivity index (χ1n) is 10.8. The highest BCUT2D eigenvalue weighted by atomic mass is 16.3. The van der Waals surface area contributed by atoms with Gasteiger partial charge in [0.25, 0.3) is 11.8 Å². The molecule has 2 atom stereocenters. The Kier molecular flexibility index (Phi) is 6.63. The third-order valence-corrected chi connectivity index (χ3v) is 6.49. The molecule has 0 aromatic carbocycles. The summed E-state index contributed by atoms with van der Waals surface area (Å²) in [6, 6.07) is 3.05. The fourth-order valence-corrected chi connectivity index (χ4v) is 4.52. The van der Waals surface area contributed by atoms with E-state index in [0.29, 0.717) is 44.5 Å². The van der Waals surface area contributed by atoms with E-state index in [2.05, 4.69) is 5.32 Å². The molecule has 1 aromatic heterocycles. The van der Waals surface area contributed by atoms with Crippen molar-refractivity contribution >= 4 is 23.6 Å². The number of likely N-dealkylation sites (tertiary alicyclic amines) is 1. The molecule has 1 aromatic rings. The Morgan fingerprint density at radius 1 is 1.27 bits per heavy atom. The molecule has 2 fully saturated rings. The third-order valence-electron chi connectivity index (χ3n) is 6.49. The van der Waals surface area contributed by atoms with Gasteiger partial charge in [-0.1, -0.05) is 27.2 Å². The summed E-state index contributed by atoms with van der Waals surface area (Å²) in [5.74, 6) is -0.839. The number of imide groups is 1. The molecule has 3 heterocycles. The fourth-order valence-electron chi connectivity index (χ4n) is 4.52. The minimum absolute atomic E-state index is 0.0850. The van der Waals surface area contributed by atoms with Crippen LogP contribution in [0.25, 0.3) is 0 Å². The van der Waals surface area contributed by atoms with Gasteiger partial charge in [-0.25, -0.2) is 4.79 Å². The molecule has 0 bridgehead atoms. The molecule has 30 heavy (non-hydrogen) atoms. The van der Waals surface area contributed by atoms with Crippen LogP contribution in [0.15, 0.2) is 22.8 Å². The molecule has 0 spiro atoms. The van der Waals surface area contributed by atoms with Gasteiger partial charge in [0.1, 0.15) is 11.3 Å². The summed E-state index contributed by atoms with van der Waals surface area (Å²) in [7, 11) is 0. The van der Waals surface area contributed by atoms with Gasteiger partial charge in [-0.05, 0) is 43.7 Å². The number of ketones is 1. The molecule has 164 valence electrons. The summed E-state index contributed by atoms with van der Waals surface area (Å²) in [6.07, 6.45) is 4.57. The lowest BCUT2D eigenvalue weighted by molar-refractivity contribution is -0.148. The average molecular weight is 418 g/mol. The van der Waals surface area contributed by atoms with Gasteiger partial charge >= 0.3 is 6.03 Å². The van der Waals surface area contributed by atoms with E-state index < -0.39 is 17.5 Å². The Morgan fingerprint density at radius 3 is 2.53 bits per heavy atom. The number of hydrogen-bond acceptors (Lipinski definition) is 5. The number of furan rings is 1. The predicted octanol–water partition coefficient (Wildman–Crippen LogP) is 2.72. The monoisotopic (exact) mass is 417 g/mol. The van der Waals surface area contributed by atoms with Crippen LogP contribution in [-0.4, -0.2) is 52.1 Å². The Bertz CT molecular complexity index is 798. The van der Waals surface area contributed by atoms with Crippen LogP contribution in [0.2, 0.25) is 0 Å². The molecule has 2 unspecified atom stereocenters. The summed E-state index contributed by atoms with van der Waals surface area (Å²) < 4.78 is 5.31. The highest BCUT2D eigenvalue weighted by Gasteiger charge is 2.55. The van der Waals surface area contributed by atoms with Gasteiger partial charge in [0.2, 0.25) is 5.78 Å². The zero-order chi connectivity index (χ0) is 21.9. The summed E-state index contributed by atoms with van der Waals surface area (Å²) in [5.41, 5.74) is -0.964. The van der Waals surface area contributed by atoms with Gasteiger partial charge in [-0.3, -0.25) is 19.3 Å². The number of amides is 4. The molecule has 8 nitrogen and oxygen atoms in total. The van der Waals surface area contributed by atoms with E-state index in [0.717, 1.165) is 6.42 Å². The standard InChI is InChI=1S/C22H31N3O5/c1-4-10-22(20(28)25(21(29)23-22)14-17-7-6-13-30-17)16-8-11-24(12-9-16)19(27)18(26)15(3)5-2/h6-7,13,15-16H,4-5,8-12,14H2,1-3H3,(H,23,29). The summed E-state index contributed by atoms with van der Waals surface area (Å²) >= 11 is 0. The van der Waals surface area contributed by atoms with Crippen LogP contribution in [0.1, 0.15) is 58.6 Å². The zero-order valence-electron chi connectivity index (χ0n) is 18.0. The summed E-state index contributed by atoms with van der Waals surface area (Å²) in [5, 5.41) is 2.97. The minimum atomic E-state index is -0.964. The number of piperidine rings is 1. The van der Waals surface area contributed by atoms with E-state index >= 15 is 0 Å². The normalized spacial score (nSPS) is 23.6. The second kappa shape index (κ2) is 9.02. The van der Waals surface area contributed by atoms with Crippen LogP contribution in [0.3, 0.4) is 0 Å². The molecule has 4 amide bonds. The van der Waals surface area contributed by atoms with E-state index in [1.54, 1.807) is 24.0 Å². The number of nitrogens with zero attached hydrogens (tertiary/aromatic N) is 2. The number of hydrogen-bond donors (Lipinski definition) is 1. The fraction of sp³-hybridized carbons (Fsp3) is 0.636. The number of urea groups is 1. The van der Waals surface area contributed by atoms with E-state index in [1.165, 1.54) is 11.2 Å². The second-order valence-electron chi connectivity index (χ2n) is 8.36. The number of rotatable bonds is 8. The molecule has 3 rings (SSSR count). The maximum Gasteiger partial charge on any atom is 0.325 e. The van der Waals surface area contributed by atoms with Crippen molar-refractivity contribution in [1.29, 1.82) is 0 Å². The number of Topliss-reactive ketones (excluding diaryl/α,β-unsaturated/α-hetero) is 1. The van der Waals surface area contributed by atoms with Crippen molar-refractivity contribution in [2.75, 3.05) is 13.1 Å². The van der Waals surface area contributed by atoms with Crippen LogP contribution in [-0.2, 0) is 20.9 Å².